The quantitative estimate of drug-likeness (QED) is 0.300. The first kappa shape index (κ1) is 26.8. The highest BCUT2D eigenvalue weighted by atomic mass is 16.1. The molecule has 2 rings (SSSR count). The predicted molar refractivity (Wildman–Crippen MR) is 141 cm³/mol. The molecule has 1 aromatic carbocycles. The standard InChI is InChI=1S/C31H42O2/c1-22(2)12-9-13-23(3)14-10-15-24(4)16-11-17-25(5)20-21-27-26(6)30(32)28-18-7-8-19-29(28)31(27)33/h7-8,12,14,16,18-19,25H,9-11,13,15,17,20-21H2,1-6H3/b23-14+,24-16+. The predicted octanol–water partition coefficient (Wildman–Crippen LogP) is 9.00. The van der Waals surface area contributed by atoms with Crippen molar-refractivity contribution in [1.29, 1.82) is 0 Å². The molecule has 2 nitrogen and oxygen atoms in total. The molecule has 0 bridgehead atoms. The van der Waals surface area contributed by atoms with E-state index in [-0.39, 0.29) is 11.6 Å². The van der Waals surface area contributed by atoms with Gasteiger partial charge in [-0.05, 0) is 91.9 Å². The lowest BCUT2D eigenvalue weighted by Gasteiger charge is -2.20. The van der Waals surface area contributed by atoms with E-state index in [1.165, 1.54) is 16.7 Å². The summed E-state index contributed by atoms with van der Waals surface area (Å²) < 4.78 is 0. The van der Waals surface area contributed by atoms with Crippen LogP contribution in [0.25, 0.3) is 0 Å². The topological polar surface area (TPSA) is 34.1 Å². The van der Waals surface area contributed by atoms with Crippen LogP contribution in [0.5, 0.6) is 0 Å². The van der Waals surface area contributed by atoms with E-state index >= 15 is 0 Å². The molecule has 33 heavy (non-hydrogen) atoms. The monoisotopic (exact) mass is 446 g/mol. The van der Waals surface area contributed by atoms with Gasteiger partial charge < -0.3 is 0 Å². The van der Waals surface area contributed by atoms with Gasteiger partial charge in [0, 0.05) is 22.3 Å². The van der Waals surface area contributed by atoms with E-state index in [0.717, 1.165) is 44.9 Å². The number of hydrogen-bond donors (Lipinski definition) is 0. The van der Waals surface area contributed by atoms with Crippen molar-refractivity contribution in [1.82, 2.24) is 0 Å². The molecule has 1 aliphatic rings. The van der Waals surface area contributed by atoms with Gasteiger partial charge in [0.05, 0.1) is 0 Å². The van der Waals surface area contributed by atoms with Crippen LogP contribution in [-0.2, 0) is 0 Å². The van der Waals surface area contributed by atoms with E-state index in [0.29, 0.717) is 34.6 Å². The second-order valence-electron chi connectivity index (χ2n) is 9.99. The molecule has 0 aromatic heterocycles. The number of ketones is 2. The zero-order valence-corrected chi connectivity index (χ0v) is 21.6. The Morgan fingerprint density at radius 1 is 0.788 bits per heavy atom. The summed E-state index contributed by atoms with van der Waals surface area (Å²) in [4.78, 5) is 25.5. The highest BCUT2D eigenvalue weighted by Crippen LogP contribution is 2.30. The first-order chi connectivity index (χ1) is 15.7. The minimum absolute atomic E-state index is 0.00707. The summed E-state index contributed by atoms with van der Waals surface area (Å²) in [5, 5.41) is 0. The first-order valence-corrected chi connectivity index (χ1v) is 12.5. The van der Waals surface area contributed by atoms with Gasteiger partial charge in [-0.25, -0.2) is 0 Å². The van der Waals surface area contributed by atoms with E-state index < -0.39 is 0 Å². The van der Waals surface area contributed by atoms with Gasteiger partial charge in [0.1, 0.15) is 0 Å². The summed E-state index contributed by atoms with van der Waals surface area (Å²) in [6, 6.07) is 7.19. The fourth-order valence-corrected chi connectivity index (χ4v) is 4.34. The van der Waals surface area contributed by atoms with Crippen LogP contribution in [0.1, 0.15) is 114 Å². The fourth-order valence-electron chi connectivity index (χ4n) is 4.34. The third-order valence-electron chi connectivity index (χ3n) is 6.65. The highest BCUT2D eigenvalue weighted by molar-refractivity contribution is 6.26. The van der Waals surface area contributed by atoms with Gasteiger partial charge >= 0.3 is 0 Å². The van der Waals surface area contributed by atoms with E-state index in [4.69, 9.17) is 0 Å². The maximum Gasteiger partial charge on any atom is 0.190 e. The number of benzene rings is 1. The van der Waals surface area contributed by atoms with Crippen molar-refractivity contribution in [3.05, 3.63) is 81.5 Å². The van der Waals surface area contributed by atoms with Crippen LogP contribution in [0.4, 0.5) is 0 Å². The van der Waals surface area contributed by atoms with Crippen molar-refractivity contribution in [2.45, 2.75) is 92.9 Å². The van der Waals surface area contributed by atoms with E-state index in [9.17, 15) is 9.59 Å². The third-order valence-corrected chi connectivity index (χ3v) is 6.65. The molecule has 2 heteroatoms. The molecule has 0 spiro atoms. The van der Waals surface area contributed by atoms with Gasteiger partial charge in [0.2, 0.25) is 0 Å². The van der Waals surface area contributed by atoms with Crippen LogP contribution < -0.4 is 0 Å². The van der Waals surface area contributed by atoms with Gasteiger partial charge in [-0.1, -0.05) is 66.1 Å². The Kier molecular flexibility index (Phi) is 10.8. The van der Waals surface area contributed by atoms with Crippen molar-refractivity contribution in [2.75, 3.05) is 0 Å². The maximum absolute atomic E-state index is 12.9. The lowest BCUT2D eigenvalue weighted by molar-refractivity contribution is 0.0971. The molecule has 0 saturated heterocycles. The molecule has 0 heterocycles. The Bertz CT molecular complexity index is 964. The smallest absolute Gasteiger partial charge is 0.190 e. The number of fused-ring (bicyclic) bond motifs is 1. The molecule has 1 aliphatic carbocycles. The van der Waals surface area contributed by atoms with Crippen LogP contribution in [0.3, 0.4) is 0 Å². The second kappa shape index (κ2) is 13.3. The van der Waals surface area contributed by atoms with Gasteiger partial charge in [-0.2, -0.15) is 0 Å². The molecule has 0 amide bonds. The minimum Gasteiger partial charge on any atom is -0.289 e. The van der Waals surface area contributed by atoms with E-state index in [2.05, 4.69) is 52.8 Å². The molecule has 0 saturated carbocycles. The molecule has 1 aromatic rings. The summed E-state index contributed by atoms with van der Waals surface area (Å²) in [5.74, 6) is 0.564. The Morgan fingerprint density at radius 2 is 1.33 bits per heavy atom. The maximum atomic E-state index is 12.9. The molecular weight excluding hydrogens is 404 g/mol. The summed E-state index contributed by atoms with van der Waals surface area (Å²) >= 11 is 0. The Balaban J connectivity index is 1.76. The third kappa shape index (κ3) is 8.42. The molecule has 0 aliphatic heterocycles. The van der Waals surface area contributed by atoms with Gasteiger partial charge in [0.15, 0.2) is 11.6 Å². The number of hydrogen-bond acceptors (Lipinski definition) is 2. The second-order valence-corrected chi connectivity index (χ2v) is 9.99. The largest absolute Gasteiger partial charge is 0.289 e. The van der Waals surface area contributed by atoms with E-state index in [1.807, 2.05) is 12.1 Å². The molecule has 178 valence electrons. The van der Waals surface area contributed by atoms with Crippen molar-refractivity contribution >= 4 is 11.6 Å². The van der Waals surface area contributed by atoms with Crippen LogP contribution in [0, 0.1) is 5.92 Å². The minimum atomic E-state index is 0.00707. The summed E-state index contributed by atoms with van der Waals surface area (Å²) in [6.07, 6.45) is 15.4. The fraction of sp³-hybridized carbons (Fsp3) is 0.484. The van der Waals surface area contributed by atoms with Crippen molar-refractivity contribution in [2.24, 2.45) is 5.92 Å². The van der Waals surface area contributed by atoms with Crippen LogP contribution in [0.2, 0.25) is 0 Å². The highest BCUT2D eigenvalue weighted by Gasteiger charge is 2.29. The van der Waals surface area contributed by atoms with Gasteiger partial charge in [-0.15, -0.1) is 0 Å². The first-order valence-electron chi connectivity index (χ1n) is 12.5. The number of allylic oxidation sites excluding steroid dienone is 8. The van der Waals surface area contributed by atoms with Crippen LogP contribution in [0.15, 0.2) is 70.4 Å². The molecular formula is C31H42O2. The van der Waals surface area contributed by atoms with Crippen LogP contribution >= 0.6 is 0 Å². The summed E-state index contributed by atoms with van der Waals surface area (Å²) in [5.41, 5.74) is 6.79. The number of Topliss-reactive ketones (excluding diaryl/α,β-unsaturated/α-hetero) is 2. The Hall–Kier alpha value is -2.48. The molecule has 0 N–H and O–H groups in total. The zero-order valence-electron chi connectivity index (χ0n) is 21.6. The molecule has 0 radical (unpaired) electrons. The number of carbonyl (C=O) groups excluding carboxylic acids is 2. The van der Waals surface area contributed by atoms with Gasteiger partial charge in [0.25, 0.3) is 0 Å². The number of rotatable bonds is 12. The normalized spacial score (nSPS) is 15.6. The number of carbonyl (C=O) groups is 2. The average Bonchev–Trinajstić information content (AvgIpc) is 2.77. The Labute approximate surface area is 201 Å². The SMILES string of the molecule is CC(C)=CCC/C(C)=C/CC/C(C)=C/CCC(C)CCC1=C(C)C(=O)c2ccccc2C1=O. The average molecular weight is 447 g/mol. The summed E-state index contributed by atoms with van der Waals surface area (Å²) in [7, 11) is 0. The van der Waals surface area contributed by atoms with Crippen molar-refractivity contribution in [3.63, 3.8) is 0 Å². The van der Waals surface area contributed by atoms with Crippen molar-refractivity contribution < 1.29 is 9.59 Å². The zero-order chi connectivity index (χ0) is 24.4. The van der Waals surface area contributed by atoms with Crippen molar-refractivity contribution in [3.8, 4) is 0 Å². The van der Waals surface area contributed by atoms with Gasteiger partial charge in [-0.3, -0.25) is 9.59 Å². The molecule has 1 unspecified atom stereocenters. The summed E-state index contributed by atoms with van der Waals surface area (Å²) in [6.45, 7) is 12.8. The Morgan fingerprint density at radius 3 is 1.94 bits per heavy atom. The van der Waals surface area contributed by atoms with E-state index in [1.54, 1.807) is 19.1 Å². The van der Waals surface area contributed by atoms with Crippen LogP contribution in [-0.4, -0.2) is 11.6 Å². The lowest BCUT2D eigenvalue weighted by Crippen LogP contribution is -2.21. The lowest BCUT2D eigenvalue weighted by atomic mass is 9.82. The molecule has 1 atom stereocenters. The molecule has 0 fully saturated rings.